The molecule has 1 aromatic carbocycles. The third kappa shape index (κ3) is 3.84. The molecule has 5 nitrogen and oxygen atoms in total. The summed E-state index contributed by atoms with van der Waals surface area (Å²) >= 11 is 5.97. The molecule has 0 aliphatic heterocycles. The van der Waals surface area contributed by atoms with Gasteiger partial charge >= 0.3 is 5.97 Å². The van der Waals surface area contributed by atoms with Gasteiger partial charge in [0.2, 0.25) is 0 Å². The van der Waals surface area contributed by atoms with Crippen molar-refractivity contribution in [1.82, 2.24) is 0 Å². The van der Waals surface area contributed by atoms with E-state index in [1.165, 1.54) is 12.1 Å². The second kappa shape index (κ2) is 7.31. The molecule has 1 aromatic rings. The van der Waals surface area contributed by atoms with E-state index in [4.69, 9.17) is 16.5 Å². The summed E-state index contributed by atoms with van der Waals surface area (Å²) < 4.78 is 43.9. The Hall–Kier alpha value is -1.60. The summed E-state index contributed by atoms with van der Waals surface area (Å²) in [7, 11) is -4.03. The second-order valence-corrected chi connectivity index (χ2v) is 7.54. The third-order valence-corrected chi connectivity index (χ3v) is 6.14. The molecule has 1 unspecified atom stereocenters. The predicted molar refractivity (Wildman–Crippen MR) is 86.0 cm³/mol. The van der Waals surface area contributed by atoms with Crippen LogP contribution in [0.5, 0.6) is 0 Å². The van der Waals surface area contributed by atoms with Crippen molar-refractivity contribution in [1.29, 1.82) is 0 Å². The molecule has 23 heavy (non-hydrogen) atoms. The fourth-order valence-electron chi connectivity index (χ4n) is 2.40. The van der Waals surface area contributed by atoms with Crippen LogP contribution in [-0.4, -0.2) is 26.2 Å². The maximum Gasteiger partial charge on any atom is 0.335 e. The summed E-state index contributed by atoms with van der Waals surface area (Å²) in [6.07, 6.45) is 3.09. The normalized spacial score (nSPS) is 18.2. The van der Waals surface area contributed by atoms with Crippen LogP contribution in [0.2, 0.25) is 0 Å². The van der Waals surface area contributed by atoms with E-state index in [2.05, 4.69) is 0 Å². The van der Waals surface area contributed by atoms with Gasteiger partial charge in [0.15, 0.2) is 0 Å². The molecule has 1 aliphatic rings. The molecule has 126 valence electrons. The number of anilines is 1. The van der Waals surface area contributed by atoms with E-state index in [0.29, 0.717) is 16.7 Å². The monoisotopic (exact) mass is 361 g/mol. The first-order chi connectivity index (χ1) is 10.9. The summed E-state index contributed by atoms with van der Waals surface area (Å²) in [5.74, 6) is -1.15. The first kappa shape index (κ1) is 17.7. The first-order valence-corrected chi connectivity index (χ1v) is 9.04. The van der Waals surface area contributed by atoms with Crippen molar-refractivity contribution in [3.05, 3.63) is 41.7 Å². The van der Waals surface area contributed by atoms with Gasteiger partial charge in [0, 0.05) is 11.8 Å². The number of carbonyl (C=O) groups is 1. The fourth-order valence-corrected chi connectivity index (χ4v) is 4.42. The van der Waals surface area contributed by atoms with Crippen LogP contribution < -0.4 is 3.82 Å². The number of carbonyl (C=O) groups excluding carboxylic acids is 1. The van der Waals surface area contributed by atoms with Crippen LogP contribution in [0.1, 0.15) is 26.2 Å². The first-order valence-electron chi connectivity index (χ1n) is 7.20. The zero-order valence-corrected chi connectivity index (χ0v) is 14.1. The number of hydrogen-bond donors (Lipinski definition) is 0. The van der Waals surface area contributed by atoms with E-state index in [1.54, 1.807) is 13.0 Å². The number of esters is 1. The van der Waals surface area contributed by atoms with Crippen LogP contribution in [0.4, 0.5) is 10.1 Å². The number of allylic oxidation sites excluding steroid dienone is 1. The average molecular weight is 362 g/mol. The number of benzene rings is 1. The molecule has 0 saturated carbocycles. The van der Waals surface area contributed by atoms with Crippen molar-refractivity contribution >= 4 is 33.5 Å². The lowest BCUT2D eigenvalue weighted by atomic mass is 9.99. The maximum atomic E-state index is 13.0. The Morgan fingerprint density at radius 3 is 2.65 bits per heavy atom. The molecule has 0 fully saturated rings. The van der Waals surface area contributed by atoms with Crippen LogP contribution in [0.25, 0.3) is 0 Å². The van der Waals surface area contributed by atoms with E-state index in [0.717, 1.165) is 12.1 Å². The lowest BCUT2D eigenvalue weighted by Gasteiger charge is -2.27. The Morgan fingerprint density at radius 2 is 2.04 bits per heavy atom. The minimum Gasteiger partial charge on any atom is -0.463 e. The highest BCUT2D eigenvalue weighted by Gasteiger charge is 2.39. The minimum atomic E-state index is -4.03. The molecular weight excluding hydrogens is 345 g/mol. The van der Waals surface area contributed by atoms with E-state index in [1.807, 2.05) is 0 Å². The molecule has 0 aromatic heterocycles. The second-order valence-electron chi connectivity index (χ2n) is 5.04. The molecule has 1 atom stereocenters. The van der Waals surface area contributed by atoms with E-state index in [9.17, 15) is 17.6 Å². The van der Waals surface area contributed by atoms with Crippen molar-refractivity contribution in [2.75, 3.05) is 10.4 Å². The van der Waals surface area contributed by atoms with Crippen molar-refractivity contribution in [3.63, 3.8) is 0 Å². The molecule has 8 heteroatoms. The van der Waals surface area contributed by atoms with Gasteiger partial charge in [-0.3, -0.25) is 0 Å². The summed E-state index contributed by atoms with van der Waals surface area (Å²) in [6.45, 7) is 1.81. The van der Waals surface area contributed by atoms with Gasteiger partial charge in [-0.2, -0.15) is 3.82 Å². The number of nitrogens with zero attached hydrogens (tertiary/aromatic N) is 1. The van der Waals surface area contributed by atoms with Crippen molar-refractivity contribution in [2.24, 2.45) is 0 Å². The van der Waals surface area contributed by atoms with Gasteiger partial charge in [-0.05, 0) is 50.5 Å². The summed E-state index contributed by atoms with van der Waals surface area (Å²) in [4.78, 5) is 12.0. The Balaban J connectivity index is 2.33. The van der Waals surface area contributed by atoms with Crippen LogP contribution >= 0.6 is 11.8 Å². The zero-order valence-electron chi connectivity index (χ0n) is 12.5. The number of ether oxygens (including phenoxy) is 1. The summed E-state index contributed by atoms with van der Waals surface area (Å²) in [5.41, 5.74) is 0.215. The Kier molecular flexibility index (Phi) is 5.64. The molecule has 0 amide bonds. The lowest BCUT2D eigenvalue weighted by molar-refractivity contribution is -0.138. The average Bonchev–Trinajstić information content (AvgIpc) is 2.55. The highest BCUT2D eigenvalue weighted by Crippen LogP contribution is 2.32. The highest BCUT2D eigenvalue weighted by molar-refractivity contribution is 7.94. The smallest absolute Gasteiger partial charge is 0.335 e. The molecule has 0 spiro atoms. The highest BCUT2D eigenvalue weighted by atomic mass is 35.5. The topological polar surface area (TPSA) is 63.7 Å². The van der Waals surface area contributed by atoms with Gasteiger partial charge in [-0.25, -0.2) is 17.6 Å². The Morgan fingerprint density at radius 1 is 1.39 bits per heavy atom. The quantitative estimate of drug-likeness (QED) is 0.597. The van der Waals surface area contributed by atoms with Crippen molar-refractivity contribution in [3.8, 4) is 0 Å². The molecule has 1 aliphatic carbocycles. The van der Waals surface area contributed by atoms with Gasteiger partial charge in [-0.1, -0.05) is 6.08 Å². The Bertz CT molecular complexity index is 703. The van der Waals surface area contributed by atoms with Crippen LogP contribution in [-0.2, 0) is 19.6 Å². The SMILES string of the molecule is CCOC(=O)C1=CCCCC1S(=O)(=O)N(Cl)c1ccc(F)cc1. The van der Waals surface area contributed by atoms with Crippen LogP contribution in [0, 0.1) is 5.82 Å². The minimum absolute atomic E-state index is 0.103. The van der Waals surface area contributed by atoms with Gasteiger partial charge < -0.3 is 4.74 Å². The predicted octanol–water partition coefficient (Wildman–Crippen LogP) is 3.16. The van der Waals surface area contributed by atoms with Gasteiger partial charge in [-0.15, -0.1) is 0 Å². The van der Waals surface area contributed by atoms with E-state index >= 15 is 0 Å². The molecular formula is C15H17ClFNO4S. The van der Waals surface area contributed by atoms with E-state index in [-0.39, 0.29) is 24.3 Å². The summed E-state index contributed by atoms with van der Waals surface area (Å²) in [5, 5.41) is -1.07. The lowest BCUT2D eigenvalue weighted by Crippen LogP contribution is -2.38. The molecule has 0 saturated heterocycles. The number of hydrogen-bond acceptors (Lipinski definition) is 4. The van der Waals surface area contributed by atoms with Crippen LogP contribution in [0.15, 0.2) is 35.9 Å². The zero-order chi connectivity index (χ0) is 17.0. The largest absolute Gasteiger partial charge is 0.463 e. The van der Waals surface area contributed by atoms with Gasteiger partial charge in [0.05, 0.1) is 17.9 Å². The molecule has 2 rings (SSSR count). The molecule has 0 heterocycles. The number of halogens is 2. The third-order valence-electron chi connectivity index (χ3n) is 3.51. The van der Waals surface area contributed by atoms with Gasteiger partial charge in [0.1, 0.15) is 11.1 Å². The maximum absolute atomic E-state index is 13.0. The standard InChI is InChI=1S/C15H17ClFNO4S/c1-2-22-15(19)13-5-3-4-6-14(13)23(20,21)18(16)12-9-7-11(17)8-10-12/h5,7-10,14H,2-4,6H2,1H3. The van der Waals surface area contributed by atoms with Crippen LogP contribution in [0.3, 0.4) is 0 Å². The number of rotatable bonds is 5. The number of sulfonamides is 1. The molecule has 0 N–H and O–H groups in total. The van der Waals surface area contributed by atoms with Crippen molar-refractivity contribution in [2.45, 2.75) is 31.4 Å². The molecule has 0 bridgehead atoms. The summed E-state index contributed by atoms with van der Waals surface area (Å²) in [6, 6.07) is 4.75. The van der Waals surface area contributed by atoms with Gasteiger partial charge in [0.25, 0.3) is 10.0 Å². The fraction of sp³-hybridized carbons (Fsp3) is 0.400. The van der Waals surface area contributed by atoms with Crippen molar-refractivity contribution < 1.29 is 22.3 Å². The Labute approximate surface area is 139 Å². The van der Waals surface area contributed by atoms with E-state index < -0.39 is 27.1 Å². The molecule has 0 radical (unpaired) electrons.